The van der Waals surface area contributed by atoms with Crippen molar-refractivity contribution >= 4 is 23.2 Å². The van der Waals surface area contributed by atoms with Gasteiger partial charge in [-0.05, 0) is 44.5 Å². The third-order valence-corrected chi connectivity index (χ3v) is 4.08. The predicted molar refractivity (Wildman–Crippen MR) is 93.5 cm³/mol. The van der Waals surface area contributed by atoms with Gasteiger partial charge in [0, 0.05) is 17.3 Å². The molecule has 2 aromatic rings. The monoisotopic (exact) mass is 324 g/mol. The van der Waals surface area contributed by atoms with Crippen molar-refractivity contribution in [2.75, 3.05) is 17.2 Å². The minimum atomic E-state index is -0.608. The first-order valence-corrected chi connectivity index (χ1v) is 7.82. The molecular formula is C19H20N2O3. The first kappa shape index (κ1) is 16.1. The van der Waals surface area contributed by atoms with Gasteiger partial charge in [-0.25, -0.2) is 0 Å². The zero-order valence-electron chi connectivity index (χ0n) is 14.0. The maximum Gasteiger partial charge on any atom is 0.255 e. The van der Waals surface area contributed by atoms with Gasteiger partial charge in [0.2, 0.25) is 5.91 Å². The van der Waals surface area contributed by atoms with Crippen molar-refractivity contribution in [3.05, 3.63) is 53.6 Å². The molecule has 0 spiro atoms. The number of rotatable bonds is 2. The SMILES string of the molecule is Cc1ccccc1C(=O)Nc1ccc2c(c1)OCC(C)(C)C(=O)N2. The lowest BCUT2D eigenvalue weighted by molar-refractivity contribution is -0.124. The van der Waals surface area contributed by atoms with Crippen molar-refractivity contribution in [1.29, 1.82) is 0 Å². The summed E-state index contributed by atoms with van der Waals surface area (Å²) < 4.78 is 5.75. The molecular weight excluding hydrogens is 304 g/mol. The molecule has 0 atom stereocenters. The third kappa shape index (κ3) is 3.11. The van der Waals surface area contributed by atoms with E-state index in [1.54, 1.807) is 24.3 Å². The highest BCUT2D eigenvalue weighted by atomic mass is 16.5. The largest absolute Gasteiger partial charge is 0.490 e. The molecule has 2 amide bonds. The molecule has 1 aliphatic heterocycles. The summed E-state index contributed by atoms with van der Waals surface area (Å²) in [7, 11) is 0. The van der Waals surface area contributed by atoms with Gasteiger partial charge < -0.3 is 15.4 Å². The van der Waals surface area contributed by atoms with Gasteiger partial charge in [-0.3, -0.25) is 9.59 Å². The molecule has 5 nitrogen and oxygen atoms in total. The van der Waals surface area contributed by atoms with Gasteiger partial charge in [0.25, 0.3) is 5.91 Å². The van der Waals surface area contributed by atoms with Crippen LogP contribution in [0.2, 0.25) is 0 Å². The van der Waals surface area contributed by atoms with Crippen molar-refractivity contribution in [3.63, 3.8) is 0 Å². The van der Waals surface area contributed by atoms with Gasteiger partial charge in [-0.1, -0.05) is 18.2 Å². The fraction of sp³-hybridized carbons (Fsp3) is 0.263. The molecule has 1 heterocycles. The van der Waals surface area contributed by atoms with Gasteiger partial charge in [0.1, 0.15) is 12.4 Å². The number of amides is 2. The lowest BCUT2D eigenvalue weighted by atomic mass is 9.94. The van der Waals surface area contributed by atoms with Gasteiger partial charge in [-0.15, -0.1) is 0 Å². The van der Waals surface area contributed by atoms with Crippen LogP contribution in [-0.2, 0) is 4.79 Å². The fourth-order valence-electron chi connectivity index (χ4n) is 2.46. The zero-order chi connectivity index (χ0) is 17.3. The molecule has 3 rings (SSSR count). The number of aryl methyl sites for hydroxylation is 1. The Bertz CT molecular complexity index is 812. The maximum absolute atomic E-state index is 12.4. The molecule has 0 saturated heterocycles. The Labute approximate surface area is 141 Å². The van der Waals surface area contributed by atoms with Crippen molar-refractivity contribution in [3.8, 4) is 5.75 Å². The highest BCUT2D eigenvalue weighted by molar-refractivity contribution is 6.05. The number of anilines is 2. The quantitative estimate of drug-likeness (QED) is 0.887. The molecule has 24 heavy (non-hydrogen) atoms. The topological polar surface area (TPSA) is 67.4 Å². The summed E-state index contributed by atoms with van der Waals surface area (Å²) in [6.07, 6.45) is 0. The lowest BCUT2D eigenvalue weighted by Gasteiger charge is -2.18. The molecule has 0 unspecified atom stereocenters. The van der Waals surface area contributed by atoms with Crippen LogP contribution in [0.1, 0.15) is 29.8 Å². The van der Waals surface area contributed by atoms with Gasteiger partial charge >= 0.3 is 0 Å². The number of nitrogens with one attached hydrogen (secondary N) is 2. The van der Waals surface area contributed by atoms with Gasteiger partial charge in [-0.2, -0.15) is 0 Å². The summed E-state index contributed by atoms with van der Waals surface area (Å²) in [6, 6.07) is 12.6. The molecule has 2 N–H and O–H groups in total. The fourth-order valence-corrected chi connectivity index (χ4v) is 2.46. The Kier molecular flexibility index (Phi) is 4.01. The van der Waals surface area contributed by atoms with Crippen LogP contribution in [0.3, 0.4) is 0 Å². The molecule has 1 aliphatic rings. The first-order chi connectivity index (χ1) is 11.4. The van der Waals surface area contributed by atoms with Crippen molar-refractivity contribution < 1.29 is 14.3 Å². The molecule has 0 aliphatic carbocycles. The van der Waals surface area contributed by atoms with Crippen LogP contribution in [0.25, 0.3) is 0 Å². The maximum atomic E-state index is 12.4. The third-order valence-electron chi connectivity index (χ3n) is 4.08. The molecule has 124 valence electrons. The predicted octanol–water partition coefficient (Wildman–Crippen LogP) is 3.60. The number of carbonyl (C=O) groups is 2. The van der Waals surface area contributed by atoms with E-state index in [1.165, 1.54) is 0 Å². The van der Waals surface area contributed by atoms with E-state index in [0.717, 1.165) is 5.56 Å². The summed E-state index contributed by atoms with van der Waals surface area (Å²) in [6.45, 7) is 5.83. The van der Waals surface area contributed by atoms with Gasteiger partial charge in [0.15, 0.2) is 0 Å². The van der Waals surface area contributed by atoms with E-state index in [9.17, 15) is 9.59 Å². The second kappa shape index (κ2) is 6.00. The van der Waals surface area contributed by atoms with E-state index >= 15 is 0 Å². The lowest BCUT2D eigenvalue weighted by Crippen LogP contribution is -2.33. The Morgan fingerprint density at radius 1 is 1.21 bits per heavy atom. The summed E-state index contributed by atoms with van der Waals surface area (Å²) >= 11 is 0. The minimum absolute atomic E-state index is 0.0852. The first-order valence-electron chi connectivity index (χ1n) is 7.82. The Hall–Kier alpha value is -2.82. The zero-order valence-corrected chi connectivity index (χ0v) is 14.0. The van der Waals surface area contributed by atoms with Crippen molar-refractivity contribution in [2.45, 2.75) is 20.8 Å². The molecule has 0 aromatic heterocycles. The summed E-state index contributed by atoms with van der Waals surface area (Å²) in [4.78, 5) is 24.5. The Balaban J connectivity index is 1.83. The number of ether oxygens (including phenoxy) is 1. The minimum Gasteiger partial charge on any atom is -0.490 e. The highest BCUT2D eigenvalue weighted by Crippen LogP contribution is 2.34. The van der Waals surface area contributed by atoms with Gasteiger partial charge in [0.05, 0.1) is 11.1 Å². The summed E-state index contributed by atoms with van der Waals surface area (Å²) in [5.41, 5.74) is 2.16. The molecule has 0 bridgehead atoms. The average Bonchev–Trinajstić information content (AvgIpc) is 2.65. The normalized spacial score (nSPS) is 15.5. The van der Waals surface area contributed by atoms with Crippen LogP contribution < -0.4 is 15.4 Å². The summed E-state index contributed by atoms with van der Waals surface area (Å²) in [5, 5.41) is 5.73. The van der Waals surface area contributed by atoms with Crippen molar-refractivity contribution in [1.82, 2.24) is 0 Å². The number of carbonyl (C=O) groups excluding carboxylic acids is 2. The number of benzene rings is 2. The number of hydrogen-bond acceptors (Lipinski definition) is 3. The summed E-state index contributed by atoms with van der Waals surface area (Å²) in [5.74, 6) is 0.292. The van der Waals surface area contributed by atoms with Crippen LogP contribution >= 0.6 is 0 Å². The van der Waals surface area contributed by atoms with Crippen LogP contribution in [0.5, 0.6) is 5.75 Å². The smallest absolute Gasteiger partial charge is 0.255 e. The van der Waals surface area contributed by atoms with E-state index in [1.807, 2.05) is 39.0 Å². The Morgan fingerprint density at radius 2 is 1.96 bits per heavy atom. The van der Waals surface area contributed by atoms with Crippen LogP contribution in [-0.4, -0.2) is 18.4 Å². The second-order valence-electron chi connectivity index (χ2n) is 6.61. The van der Waals surface area contributed by atoms with Crippen LogP contribution in [0, 0.1) is 12.3 Å². The molecule has 0 radical (unpaired) electrons. The van der Waals surface area contributed by atoms with E-state index < -0.39 is 5.41 Å². The van der Waals surface area contributed by atoms with Crippen molar-refractivity contribution in [2.24, 2.45) is 5.41 Å². The molecule has 2 aromatic carbocycles. The average molecular weight is 324 g/mol. The Morgan fingerprint density at radius 3 is 2.71 bits per heavy atom. The van der Waals surface area contributed by atoms with E-state index in [4.69, 9.17) is 4.74 Å². The molecule has 0 fully saturated rings. The molecule has 5 heteroatoms. The van der Waals surface area contributed by atoms with Crippen LogP contribution in [0.4, 0.5) is 11.4 Å². The second-order valence-corrected chi connectivity index (χ2v) is 6.61. The van der Waals surface area contributed by atoms with E-state index in [0.29, 0.717) is 22.7 Å². The van der Waals surface area contributed by atoms with E-state index in [-0.39, 0.29) is 18.4 Å². The van der Waals surface area contributed by atoms with E-state index in [2.05, 4.69) is 10.6 Å². The standard InChI is InChI=1S/C19H20N2O3/c1-12-6-4-5-7-14(12)17(22)20-13-8-9-15-16(10-13)24-11-19(2,3)18(23)21-15/h4-10H,11H2,1-3H3,(H,20,22)(H,21,23). The van der Waals surface area contributed by atoms with Crippen LogP contribution in [0.15, 0.2) is 42.5 Å². The molecule has 0 saturated carbocycles. The number of fused-ring (bicyclic) bond motifs is 1. The highest BCUT2D eigenvalue weighted by Gasteiger charge is 2.32. The number of hydrogen-bond donors (Lipinski definition) is 2.